The van der Waals surface area contributed by atoms with Gasteiger partial charge in [0, 0.05) is 23.0 Å². The average molecular weight is 219 g/mol. The van der Waals surface area contributed by atoms with Crippen LogP contribution in [0.5, 0.6) is 0 Å². The van der Waals surface area contributed by atoms with Crippen molar-refractivity contribution in [1.82, 2.24) is 10.3 Å². The molecule has 0 spiro atoms. The Morgan fingerprint density at radius 2 is 2.54 bits per heavy atom. The summed E-state index contributed by atoms with van der Waals surface area (Å²) in [5.41, 5.74) is 1.86. The molecule has 0 amide bonds. The highest BCUT2D eigenvalue weighted by Crippen LogP contribution is 2.05. The van der Waals surface area contributed by atoms with Gasteiger partial charge >= 0.3 is 0 Å². The molecule has 0 saturated carbocycles. The topological polar surface area (TPSA) is 24.9 Å². The van der Waals surface area contributed by atoms with Gasteiger partial charge in [-0.2, -0.15) is 0 Å². The molecule has 0 fully saturated rings. The van der Waals surface area contributed by atoms with Crippen molar-refractivity contribution in [3.8, 4) is 0 Å². The molecule has 0 aliphatic rings. The van der Waals surface area contributed by atoms with Gasteiger partial charge in [-0.15, -0.1) is 22.9 Å². The smallest absolute Gasteiger partial charge is 0.0794 e. The second-order valence-electron chi connectivity index (χ2n) is 3.07. The Kier molecular flexibility index (Phi) is 5.35. The van der Waals surface area contributed by atoms with Crippen LogP contribution >= 0.6 is 22.9 Å². The predicted octanol–water partition coefficient (Wildman–Crippen LogP) is 2.64. The monoisotopic (exact) mass is 218 g/mol. The first-order chi connectivity index (χ1) is 6.29. The van der Waals surface area contributed by atoms with Crippen molar-refractivity contribution in [3.63, 3.8) is 0 Å². The molecule has 1 atom stereocenters. The molecule has 0 aliphatic heterocycles. The van der Waals surface area contributed by atoms with Crippen molar-refractivity contribution < 1.29 is 0 Å². The Morgan fingerprint density at radius 1 is 1.69 bits per heavy atom. The quantitative estimate of drug-likeness (QED) is 0.587. The van der Waals surface area contributed by atoms with Crippen molar-refractivity contribution >= 4 is 22.9 Å². The van der Waals surface area contributed by atoms with Crippen LogP contribution in [-0.2, 0) is 6.54 Å². The first-order valence-electron chi connectivity index (χ1n) is 4.51. The predicted molar refractivity (Wildman–Crippen MR) is 58.4 cm³/mol. The van der Waals surface area contributed by atoms with Crippen molar-refractivity contribution in [2.45, 2.75) is 31.7 Å². The van der Waals surface area contributed by atoms with Crippen LogP contribution in [0.3, 0.4) is 0 Å². The first-order valence-corrected chi connectivity index (χ1v) is 5.83. The van der Waals surface area contributed by atoms with Crippen molar-refractivity contribution in [1.29, 1.82) is 0 Å². The highest BCUT2D eigenvalue weighted by Gasteiger charge is 1.96. The van der Waals surface area contributed by atoms with Gasteiger partial charge in [0.25, 0.3) is 0 Å². The van der Waals surface area contributed by atoms with Crippen LogP contribution in [0.15, 0.2) is 11.7 Å². The zero-order chi connectivity index (χ0) is 9.52. The van der Waals surface area contributed by atoms with Crippen LogP contribution in [0.25, 0.3) is 0 Å². The summed E-state index contributed by atoms with van der Waals surface area (Å²) in [5, 5.41) is 3.65. The van der Waals surface area contributed by atoms with Gasteiger partial charge in [0.05, 0.1) is 5.51 Å². The van der Waals surface area contributed by atoms with E-state index >= 15 is 0 Å². The normalized spacial score (nSPS) is 13.1. The van der Waals surface area contributed by atoms with Gasteiger partial charge in [0.1, 0.15) is 0 Å². The Labute approximate surface area is 88.3 Å². The fourth-order valence-corrected chi connectivity index (χ4v) is 1.77. The van der Waals surface area contributed by atoms with E-state index in [-0.39, 0.29) is 0 Å². The summed E-state index contributed by atoms with van der Waals surface area (Å²) in [4.78, 5) is 5.30. The second kappa shape index (κ2) is 6.35. The second-order valence-corrected chi connectivity index (χ2v) is 4.78. The lowest BCUT2D eigenvalue weighted by Crippen LogP contribution is -2.14. The third-order valence-corrected chi connectivity index (χ3v) is 2.74. The number of nitrogens with zero attached hydrogens (tertiary/aromatic N) is 1. The van der Waals surface area contributed by atoms with Crippen molar-refractivity contribution in [2.75, 3.05) is 6.54 Å². The summed E-state index contributed by atoms with van der Waals surface area (Å²) in [6, 6.07) is 0. The van der Waals surface area contributed by atoms with Crippen LogP contribution in [0.2, 0.25) is 0 Å². The van der Waals surface area contributed by atoms with E-state index < -0.39 is 0 Å². The molecule has 0 aromatic carbocycles. The molecule has 1 aromatic rings. The molecule has 4 heteroatoms. The largest absolute Gasteiger partial charge is 0.312 e. The minimum Gasteiger partial charge on any atom is -0.312 e. The van der Waals surface area contributed by atoms with Crippen molar-refractivity contribution in [3.05, 3.63) is 16.6 Å². The highest BCUT2D eigenvalue weighted by molar-refractivity contribution is 7.09. The van der Waals surface area contributed by atoms with Gasteiger partial charge < -0.3 is 5.32 Å². The Balaban J connectivity index is 1.96. The number of aromatic nitrogens is 1. The zero-order valence-electron chi connectivity index (χ0n) is 7.79. The molecule has 0 radical (unpaired) electrons. The van der Waals surface area contributed by atoms with Crippen molar-refractivity contribution in [2.24, 2.45) is 0 Å². The minimum absolute atomic E-state index is 0.296. The maximum atomic E-state index is 5.82. The number of nitrogens with one attached hydrogen (secondary N) is 1. The van der Waals surface area contributed by atoms with E-state index in [1.807, 2.05) is 18.6 Å². The molecule has 1 N–H and O–H groups in total. The van der Waals surface area contributed by atoms with E-state index in [1.165, 1.54) is 4.88 Å². The summed E-state index contributed by atoms with van der Waals surface area (Å²) in [5.74, 6) is 0. The Bertz CT molecular complexity index is 211. The van der Waals surface area contributed by atoms with Gasteiger partial charge in [0.2, 0.25) is 0 Å². The van der Waals surface area contributed by atoms with Gasteiger partial charge in [-0.1, -0.05) is 0 Å². The number of hydrogen-bond acceptors (Lipinski definition) is 3. The van der Waals surface area contributed by atoms with Gasteiger partial charge in [-0.25, -0.2) is 0 Å². The highest BCUT2D eigenvalue weighted by atomic mass is 35.5. The molecular weight excluding hydrogens is 204 g/mol. The summed E-state index contributed by atoms with van der Waals surface area (Å²) in [6.07, 6.45) is 4.13. The number of rotatable bonds is 6. The number of thiazole rings is 1. The van der Waals surface area contributed by atoms with Crippen LogP contribution in [-0.4, -0.2) is 16.9 Å². The fourth-order valence-electron chi connectivity index (χ4n) is 1.05. The molecule has 1 rings (SSSR count). The summed E-state index contributed by atoms with van der Waals surface area (Å²) < 4.78 is 0. The summed E-state index contributed by atoms with van der Waals surface area (Å²) >= 11 is 7.51. The van der Waals surface area contributed by atoms with E-state index in [2.05, 4.69) is 10.3 Å². The lowest BCUT2D eigenvalue weighted by atomic mass is 10.2. The average Bonchev–Trinajstić information content (AvgIpc) is 2.55. The molecule has 1 aromatic heterocycles. The molecular formula is C9H15ClN2S. The molecule has 0 saturated heterocycles. The molecule has 1 unspecified atom stereocenters. The van der Waals surface area contributed by atoms with Gasteiger partial charge in [-0.3, -0.25) is 4.98 Å². The Hall–Kier alpha value is -0.120. The molecule has 13 heavy (non-hydrogen) atoms. The van der Waals surface area contributed by atoms with Crippen LogP contribution in [0, 0.1) is 0 Å². The fraction of sp³-hybridized carbons (Fsp3) is 0.667. The SMILES string of the molecule is CC(Cl)CCCNCc1cncs1. The first kappa shape index (κ1) is 11.0. The maximum absolute atomic E-state index is 5.82. The van der Waals surface area contributed by atoms with Gasteiger partial charge in [-0.05, 0) is 26.3 Å². The Morgan fingerprint density at radius 3 is 3.15 bits per heavy atom. The van der Waals surface area contributed by atoms with Gasteiger partial charge in [0.15, 0.2) is 0 Å². The van der Waals surface area contributed by atoms with E-state index in [0.29, 0.717) is 5.38 Å². The third kappa shape index (κ3) is 5.24. The maximum Gasteiger partial charge on any atom is 0.0794 e. The molecule has 1 heterocycles. The molecule has 0 aliphatic carbocycles. The van der Waals surface area contributed by atoms with E-state index in [4.69, 9.17) is 11.6 Å². The molecule has 74 valence electrons. The third-order valence-electron chi connectivity index (χ3n) is 1.74. The van der Waals surface area contributed by atoms with E-state index in [9.17, 15) is 0 Å². The van der Waals surface area contributed by atoms with E-state index in [1.54, 1.807) is 11.3 Å². The number of hydrogen-bond donors (Lipinski definition) is 1. The van der Waals surface area contributed by atoms with Crippen LogP contribution in [0.1, 0.15) is 24.6 Å². The zero-order valence-corrected chi connectivity index (χ0v) is 9.37. The van der Waals surface area contributed by atoms with Crippen LogP contribution in [0.4, 0.5) is 0 Å². The number of halogens is 1. The van der Waals surface area contributed by atoms with Crippen LogP contribution < -0.4 is 5.32 Å². The molecule has 2 nitrogen and oxygen atoms in total. The minimum atomic E-state index is 0.296. The number of alkyl halides is 1. The lowest BCUT2D eigenvalue weighted by Gasteiger charge is -2.03. The lowest BCUT2D eigenvalue weighted by molar-refractivity contribution is 0.622. The summed E-state index contributed by atoms with van der Waals surface area (Å²) in [7, 11) is 0. The summed E-state index contributed by atoms with van der Waals surface area (Å²) in [6.45, 7) is 4.00. The van der Waals surface area contributed by atoms with E-state index in [0.717, 1.165) is 25.9 Å². The molecule has 0 bridgehead atoms. The standard InChI is InChI=1S/C9H15ClN2S/c1-8(10)3-2-4-11-5-9-6-12-7-13-9/h6-8,11H,2-5H2,1H3.